The van der Waals surface area contributed by atoms with Gasteiger partial charge in [0.2, 0.25) is 0 Å². The van der Waals surface area contributed by atoms with E-state index in [1.807, 2.05) is 24.0 Å². The molecule has 0 atom stereocenters. The quantitative estimate of drug-likeness (QED) is 0.800. The molecule has 24 heavy (non-hydrogen) atoms. The van der Waals surface area contributed by atoms with E-state index < -0.39 is 0 Å². The number of rotatable bonds is 4. The molecule has 1 fully saturated rings. The SMILES string of the molecule is CCn1ncc(Br)c1C(=O)N1CCN(Cc2ccccc2F)CC1. The summed E-state index contributed by atoms with van der Waals surface area (Å²) < 4.78 is 16.2. The van der Waals surface area contributed by atoms with Crippen LogP contribution in [0.25, 0.3) is 0 Å². The Bertz CT molecular complexity index is 725. The lowest BCUT2D eigenvalue weighted by molar-refractivity contribution is 0.0614. The molecule has 1 aromatic heterocycles. The fraction of sp³-hybridized carbons (Fsp3) is 0.412. The van der Waals surface area contributed by atoms with Crippen molar-refractivity contribution in [2.45, 2.75) is 20.0 Å². The number of amides is 1. The van der Waals surface area contributed by atoms with Crippen LogP contribution in [-0.4, -0.2) is 51.7 Å². The van der Waals surface area contributed by atoms with Crippen molar-refractivity contribution in [2.24, 2.45) is 0 Å². The maximum absolute atomic E-state index is 13.8. The van der Waals surface area contributed by atoms with Crippen molar-refractivity contribution in [1.29, 1.82) is 0 Å². The molecule has 0 saturated carbocycles. The summed E-state index contributed by atoms with van der Waals surface area (Å²) in [6.07, 6.45) is 1.66. The topological polar surface area (TPSA) is 41.4 Å². The molecule has 3 rings (SSSR count). The number of halogens is 2. The van der Waals surface area contributed by atoms with Crippen LogP contribution in [0.15, 0.2) is 34.9 Å². The minimum absolute atomic E-state index is 0.00762. The predicted octanol–water partition coefficient (Wildman–Crippen LogP) is 2.76. The van der Waals surface area contributed by atoms with Crippen LogP contribution in [0.4, 0.5) is 4.39 Å². The maximum Gasteiger partial charge on any atom is 0.273 e. The fourth-order valence-electron chi connectivity index (χ4n) is 2.94. The summed E-state index contributed by atoms with van der Waals surface area (Å²) in [7, 11) is 0. The van der Waals surface area contributed by atoms with Gasteiger partial charge in [-0.1, -0.05) is 18.2 Å². The van der Waals surface area contributed by atoms with E-state index in [-0.39, 0.29) is 11.7 Å². The summed E-state index contributed by atoms with van der Waals surface area (Å²) in [5.74, 6) is -0.182. The van der Waals surface area contributed by atoms with Gasteiger partial charge < -0.3 is 4.90 Å². The molecule has 1 aliphatic heterocycles. The number of aromatic nitrogens is 2. The number of piperazine rings is 1. The van der Waals surface area contributed by atoms with E-state index in [1.165, 1.54) is 6.07 Å². The van der Waals surface area contributed by atoms with Gasteiger partial charge in [-0.15, -0.1) is 0 Å². The Balaban J connectivity index is 1.62. The third kappa shape index (κ3) is 3.52. The molecule has 1 aromatic carbocycles. The summed E-state index contributed by atoms with van der Waals surface area (Å²) in [6.45, 7) is 5.92. The van der Waals surface area contributed by atoms with E-state index >= 15 is 0 Å². The molecule has 0 aliphatic carbocycles. The van der Waals surface area contributed by atoms with E-state index in [0.29, 0.717) is 37.4 Å². The number of hydrogen-bond acceptors (Lipinski definition) is 3. The number of aryl methyl sites for hydroxylation is 1. The van der Waals surface area contributed by atoms with Crippen LogP contribution in [0, 0.1) is 5.82 Å². The van der Waals surface area contributed by atoms with Crippen molar-refractivity contribution in [3.05, 3.63) is 52.0 Å². The Kier molecular flexibility index (Phi) is 5.30. The third-order valence-electron chi connectivity index (χ3n) is 4.31. The number of benzene rings is 1. The normalized spacial score (nSPS) is 15.7. The van der Waals surface area contributed by atoms with Crippen LogP contribution in [-0.2, 0) is 13.1 Å². The molecule has 2 aromatic rings. The molecule has 128 valence electrons. The molecule has 0 radical (unpaired) electrons. The van der Waals surface area contributed by atoms with Gasteiger partial charge in [-0.05, 0) is 28.9 Å². The standard InChI is InChI=1S/C17H20BrFN4O/c1-2-23-16(14(18)11-20-23)17(24)22-9-7-21(8-10-22)12-13-5-3-4-6-15(13)19/h3-6,11H,2,7-10,12H2,1H3. The second-order valence-electron chi connectivity index (χ2n) is 5.82. The molecular weight excluding hydrogens is 375 g/mol. The highest BCUT2D eigenvalue weighted by Crippen LogP contribution is 2.19. The van der Waals surface area contributed by atoms with Gasteiger partial charge in [-0.2, -0.15) is 5.10 Å². The van der Waals surface area contributed by atoms with E-state index in [4.69, 9.17) is 0 Å². The fourth-order valence-corrected chi connectivity index (χ4v) is 3.41. The summed E-state index contributed by atoms with van der Waals surface area (Å²) in [5.41, 5.74) is 1.30. The molecule has 0 unspecified atom stereocenters. The van der Waals surface area contributed by atoms with Gasteiger partial charge in [-0.25, -0.2) is 4.39 Å². The second kappa shape index (κ2) is 7.44. The number of hydrogen-bond donors (Lipinski definition) is 0. The van der Waals surface area contributed by atoms with Crippen LogP contribution in [0.3, 0.4) is 0 Å². The summed E-state index contributed by atoms with van der Waals surface area (Å²) in [5, 5.41) is 4.20. The number of nitrogens with zero attached hydrogens (tertiary/aromatic N) is 4. The lowest BCUT2D eigenvalue weighted by Crippen LogP contribution is -2.48. The van der Waals surface area contributed by atoms with Crippen molar-refractivity contribution >= 4 is 21.8 Å². The molecule has 1 aliphatic rings. The van der Waals surface area contributed by atoms with Crippen molar-refractivity contribution in [3.8, 4) is 0 Å². The van der Waals surface area contributed by atoms with Crippen LogP contribution < -0.4 is 0 Å². The van der Waals surface area contributed by atoms with Crippen LogP contribution in [0.5, 0.6) is 0 Å². The Hall–Kier alpha value is -1.73. The number of carbonyl (C=O) groups is 1. The molecule has 0 bridgehead atoms. The van der Waals surface area contributed by atoms with Gasteiger partial charge in [0.25, 0.3) is 5.91 Å². The van der Waals surface area contributed by atoms with Crippen molar-refractivity contribution in [2.75, 3.05) is 26.2 Å². The van der Waals surface area contributed by atoms with Crippen LogP contribution in [0.1, 0.15) is 23.0 Å². The van der Waals surface area contributed by atoms with Crippen molar-refractivity contribution in [3.63, 3.8) is 0 Å². The highest BCUT2D eigenvalue weighted by Gasteiger charge is 2.26. The monoisotopic (exact) mass is 394 g/mol. The van der Waals surface area contributed by atoms with E-state index in [0.717, 1.165) is 17.6 Å². The van der Waals surface area contributed by atoms with Gasteiger partial charge in [0.1, 0.15) is 11.5 Å². The molecule has 5 nitrogen and oxygen atoms in total. The van der Waals surface area contributed by atoms with Crippen molar-refractivity contribution in [1.82, 2.24) is 19.6 Å². The minimum Gasteiger partial charge on any atom is -0.335 e. The van der Waals surface area contributed by atoms with Gasteiger partial charge >= 0.3 is 0 Å². The maximum atomic E-state index is 13.8. The van der Waals surface area contributed by atoms with Gasteiger partial charge in [0.05, 0.1) is 10.7 Å². The largest absolute Gasteiger partial charge is 0.335 e. The summed E-state index contributed by atoms with van der Waals surface area (Å²) >= 11 is 3.41. The molecule has 7 heteroatoms. The highest BCUT2D eigenvalue weighted by atomic mass is 79.9. The smallest absolute Gasteiger partial charge is 0.273 e. The van der Waals surface area contributed by atoms with E-state index in [9.17, 15) is 9.18 Å². The Morgan fingerprint density at radius 3 is 2.62 bits per heavy atom. The average molecular weight is 395 g/mol. The van der Waals surface area contributed by atoms with E-state index in [2.05, 4.69) is 25.9 Å². The predicted molar refractivity (Wildman–Crippen MR) is 93.2 cm³/mol. The first-order valence-electron chi connectivity index (χ1n) is 8.06. The molecule has 1 saturated heterocycles. The Morgan fingerprint density at radius 1 is 1.25 bits per heavy atom. The first kappa shape index (κ1) is 17.1. The van der Waals surface area contributed by atoms with E-state index in [1.54, 1.807) is 16.9 Å². The third-order valence-corrected chi connectivity index (χ3v) is 4.89. The molecular formula is C17H20BrFN4O. The molecule has 2 heterocycles. The summed E-state index contributed by atoms with van der Waals surface area (Å²) in [4.78, 5) is 16.8. The zero-order valence-corrected chi connectivity index (χ0v) is 15.2. The highest BCUT2D eigenvalue weighted by molar-refractivity contribution is 9.10. The molecule has 1 amide bonds. The molecule has 0 N–H and O–H groups in total. The van der Waals surface area contributed by atoms with Crippen LogP contribution in [0.2, 0.25) is 0 Å². The van der Waals surface area contributed by atoms with Gasteiger partial charge in [0.15, 0.2) is 0 Å². The molecule has 0 spiro atoms. The average Bonchev–Trinajstić information content (AvgIpc) is 2.98. The Morgan fingerprint density at radius 2 is 1.96 bits per heavy atom. The van der Waals surface area contributed by atoms with Crippen LogP contribution >= 0.6 is 15.9 Å². The van der Waals surface area contributed by atoms with Gasteiger partial charge in [0, 0.05) is 44.8 Å². The zero-order chi connectivity index (χ0) is 17.1. The zero-order valence-electron chi connectivity index (χ0n) is 13.6. The first-order valence-corrected chi connectivity index (χ1v) is 8.85. The van der Waals surface area contributed by atoms with Crippen molar-refractivity contribution < 1.29 is 9.18 Å². The lowest BCUT2D eigenvalue weighted by atomic mass is 10.2. The first-order chi connectivity index (χ1) is 11.6. The van der Waals surface area contributed by atoms with Gasteiger partial charge in [-0.3, -0.25) is 14.4 Å². The minimum atomic E-state index is -0.174. The summed E-state index contributed by atoms with van der Waals surface area (Å²) in [6, 6.07) is 6.84. The second-order valence-corrected chi connectivity index (χ2v) is 6.67. The number of carbonyl (C=O) groups excluding carboxylic acids is 1. The Labute approximate surface area is 149 Å². The lowest BCUT2D eigenvalue weighted by Gasteiger charge is -2.34.